The minimum absolute atomic E-state index is 0.182. The molecule has 3 aromatic rings. The lowest BCUT2D eigenvalue weighted by Crippen LogP contribution is -2.35. The van der Waals surface area contributed by atoms with Gasteiger partial charge >= 0.3 is 0 Å². The molecule has 0 fully saturated rings. The molecule has 8 nitrogen and oxygen atoms in total. The van der Waals surface area contributed by atoms with Crippen molar-refractivity contribution in [3.05, 3.63) is 71.3 Å². The van der Waals surface area contributed by atoms with Crippen molar-refractivity contribution in [2.45, 2.75) is 33.2 Å². The largest absolute Gasteiger partial charge is 0.383 e. The number of rotatable bonds is 10. The molecule has 0 radical (unpaired) electrons. The van der Waals surface area contributed by atoms with E-state index < -0.39 is 0 Å². The number of nitrogens with one attached hydrogen (secondary N) is 2. The van der Waals surface area contributed by atoms with Crippen molar-refractivity contribution < 1.29 is 4.74 Å². The van der Waals surface area contributed by atoms with Crippen LogP contribution < -0.4 is 15.6 Å². The van der Waals surface area contributed by atoms with E-state index >= 15 is 0 Å². The topological polar surface area (TPSA) is 87.6 Å². The summed E-state index contributed by atoms with van der Waals surface area (Å²) in [4.78, 5) is 15.9. The zero-order chi connectivity index (χ0) is 23.9. The van der Waals surface area contributed by atoms with E-state index in [1.165, 1.54) is 16.7 Å². The van der Waals surface area contributed by atoms with E-state index in [0.717, 1.165) is 17.7 Å². The normalized spacial score (nSPS) is 12.7. The van der Waals surface area contributed by atoms with Crippen LogP contribution in [0.2, 0.25) is 0 Å². The molecule has 4 rings (SSSR count). The Morgan fingerprint density at radius 2 is 1.82 bits per heavy atom. The van der Waals surface area contributed by atoms with Crippen LogP contribution in [0, 0.1) is 6.92 Å². The molecule has 8 heteroatoms. The summed E-state index contributed by atoms with van der Waals surface area (Å²) in [7, 11) is 1.69. The van der Waals surface area contributed by atoms with E-state index in [1.54, 1.807) is 7.11 Å². The molecule has 0 atom stereocenters. The summed E-state index contributed by atoms with van der Waals surface area (Å²) in [6.07, 6.45) is 4.90. The summed E-state index contributed by atoms with van der Waals surface area (Å²) in [6.45, 7) is 7.48. The van der Waals surface area contributed by atoms with Crippen molar-refractivity contribution in [2.24, 2.45) is 5.10 Å². The number of fused-ring (bicyclic) bond motifs is 1. The van der Waals surface area contributed by atoms with Gasteiger partial charge in [-0.1, -0.05) is 48.0 Å². The molecule has 0 unspecified atom stereocenters. The lowest BCUT2D eigenvalue weighted by molar-refractivity contribution is 0.203. The van der Waals surface area contributed by atoms with Gasteiger partial charge in [-0.2, -0.15) is 20.1 Å². The molecule has 0 aliphatic heterocycles. The van der Waals surface area contributed by atoms with Crippen LogP contribution in [-0.4, -0.2) is 47.5 Å². The van der Waals surface area contributed by atoms with Crippen LogP contribution in [0.1, 0.15) is 30.5 Å². The first-order valence-electron chi connectivity index (χ1n) is 11.5. The highest BCUT2D eigenvalue weighted by Crippen LogP contribution is 2.25. The SMILES string of the molecule is COCCN(c1nc(N/N=C/C2=CCc3ccccc32)nc(Nc2ccc(C)cc2)n1)C(C)C. The summed E-state index contributed by atoms with van der Waals surface area (Å²) in [6, 6.07) is 16.6. The third-order valence-electron chi connectivity index (χ3n) is 5.59. The predicted molar refractivity (Wildman–Crippen MR) is 139 cm³/mol. The van der Waals surface area contributed by atoms with Crippen LogP contribution >= 0.6 is 0 Å². The second kappa shape index (κ2) is 10.9. The number of methoxy groups -OCH3 is 1. The molecule has 1 aromatic heterocycles. The summed E-state index contributed by atoms with van der Waals surface area (Å²) < 4.78 is 5.29. The van der Waals surface area contributed by atoms with E-state index in [0.29, 0.717) is 31.0 Å². The fourth-order valence-corrected chi connectivity index (χ4v) is 3.74. The average molecular weight is 458 g/mol. The van der Waals surface area contributed by atoms with Crippen molar-refractivity contribution in [3.63, 3.8) is 0 Å². The van der Waals surface area contributed by atoms with Gasteiger partial charge in [0.25, 0.3) is 0 Å². The van der Waals surface area contributed by atoms with E-state index in [-0.39, 0.29) is 6.04 Å². The number of hydrogen-bond acceptors (Lipinski definition) is 8. The van der Waals surface area contributed by atoms with Gasteiger partial charge in [-0.25, -0.2) is 5.43 Å². The number of ether oxygens (including phenoxy) is 1. The molecule has 1 aliphatic rings. The maximum Gasteiger partial charge on any atom is 0.250 e. The minimum Gasteiger partial charge on any atom is -0.383 e. The van der Waals surface area contributed by atoms with Gasteiger partial charge in [0.2, 0.25) is 17.8 Å². The van der Waals surface area contributed by atoms with Crippen LogP contribution in [0.3, 0.4) is 0 Å². The lowest BCUT2D eigenvalue weighted by Gasteiger charge is -2.26. The smallest absolute Gasteiger partial charge is 0.250 e. The maximum absolute atomic E-state index is 5.29. The van der Waals surface area contributed by atoms with Gasteiger partial charge in [0.1, 0.15) is 0 Å². The maximum atomic E-state index is 5.29. The Kier molecular flexibility index (Phi) is 7.49. The summed E-state index contributed by atoms with van der Waals surface area (Å²) in [5.41, 5.74) is 8.68. The fourth-order valence-electron chi connectivity index (χ4n) is 3.74. The first-order chi connectivity index (χ1) is 16.5. The standard InChI is InChI=1S/C26H31N7O/c1-18(2)33(15-16-34-4)26-30-24(28-22-13-9-19(3)10-14-22)29-25(31-26)32-27-17-21-12-11-20-7-5-6-8-23(20)21/h5-10,12-14,17-18H,11,15-16H2,1-4H3,(H2,28,29,30,31,32)/b27-17+. The van der Waals surface area contributed by atoms with Crippen LogP contribution in [0.5, 0.6) is 0 Å². The highest BCUT2D eigenvalue weighted by Gasteiger charge is 2.17. The molecule has 0 spiro atoms. The molecule has 176 valence electrons. The monoisotopic (exact) mass is 457 g/mol. The van der Waals surface area contributed by atoms with E-state index in [2.05, 4.69) is 80.7 Å². The number of nitrogens with zero attached hydrogens (tertiary/aromatic N) is 5. The Bertz CT molecular complexity index is 1170. The van der Waals surface area contributed by atoms with Gasteiger partial charge < -0.3 is 15.0 Å². The van der Waals surface area contributed by atoms with Gasteiger partial charge in [0.15, 0.2) is 0 Å². The van der Waals surface area contributed by atoms with Gasteiger partial charge in [0.05, 0.1) is 12.8 Å². The summed E-state index contributed by atoms with van der Waals surface area (Å²) in [5, 5.41) is 7.71. The number of benzene rings is 2. The van der Waals surface area contributed by atoms with E-state index in [4.69, 9.17) is 4.74 Å². The highest BCUT2D eigenvalue weighted by atomic mass is 16.5. The van der Waals surface area contributed by atoms with Crippen LogP contribution in [0.15, 0.2) is 59.7 Å². The number of hydrogen-bond donors (Lipinski definition) is 2. The zero-order valence-corrected chi connectivity index (χ0v) is 20.1. The van der Waals surface area contributed by atoms with Crippen LogP contribution in [-0.2, 0) is 11.2 Å². The number of aromatic nitrogens is 3. The lowest BCUT2D eigenvalue weighted by atomic mass is 10.1. The molecular weight excluding hydrogens is 426 g/mol. The first kappa shape index (κ1) is 23.4. The van der Waals surface area contributed by atoms with Gasteiger partial charge in [-0.3, -0.25) is 0 Å². The molecule has 1 heterocycles. The van der Waals surface area contributed by atoms with Gasteiger partial charge in [0, 0.05) is 25.4 Å². The van der Waals surface area contributed by atoms with Crippen molar-refractivity contribution >= 4 is 35.3 Å². The van der Waals surface area contributed by atoms with Crippen molar-refractivity contribution in [1.82, 2.24) is 15.0 Å². The molecule has 1 aliphatic carbocycles. The number of aryl methyl sites for hydroxylation is 1. The van der Waals surface area contributed by atoms with Gasteiger partial charge in [-0.15, -0.1) is 0 Å². The Morgan fingerprint density at radius 3 is 2.59 bits per heavy atom. The number of anilines is 4. The first-order valence-corrected chi connectivity index (χ1v) is 11.5. The number of hydrazone groups is 1. The van der Waals surface area contributed by atoms with Crippen molar-refractivity contribution in [2.75, 3.05) is 35.9 Å². The van der Waals surface area contributed by atoms with Crippen molar-refractivity contribution in [1.29, 1.82) is 0 Å². The molecular formula is C26H31N7O. The Morgan fingerprint density at radius 1 is 1.06 bits per heavy atom. The molecule has 34 heavy (non-hydrogen) atoms. The molecule has 0 amide bonds. The average Bonchev–Trinajstić information content (AvgIpc) is 3.24. The van der Waals surface area contributed by atoms with E-state index in [9.17, 15) is 0 Å². The Labute approximate surface area is 200 Å². The second-order valence-electron chi connectivity index (χ2n) is 8.44. The Balaban J connectivity index is 1.59. The van der Waals surface area contributed by atoms with Crippen molar-refractivity contribution in [3.8, 4) is 0 Å². The predicted octanol–water partition coefficient (Wildman–Crippen LogP) is 4.82. The third kappa shape index (κ3) is 5.77. The van der Waals surface area contributed by atoms with Crippen LogP contribution in [0.4, 0.5) is 23.5 Å². The van der Waals surface area contributed by atoms with E-state index in [1.807, 2.05) is 36.5 Å². The zero-order valence-electron chi connectivity index (χ0n) is 20.1. The molecule has 0 saturated carbocycles. The highest BCUT2D eigenvalue weighted by molar-refractivity contribution is 6.11. The second-order valence-corrected chi connectivity index (χ2v) is 8.44. The summed E-state index contributed by atoms with van der Waals surface area (Å²) >= 11 is 0. The minimum atomic E-state index is 0.182. The molecule has 2 N–H and O–H groups in total. The molecule has 0 bridgehead atoms. The summed E-state index contributed by atoms with van der Waals surface area (Å²) in [5.74, 6) is 1.37. The van der Waals surface area contributed by atoms with Crippen LogP contribution in [0.25, 0.3) is 5.57 Å². The quantitative estimate of drug-likeness (QED) is 0.333. The third-order valence-corrected chi connectivity index (χ3v) is 5.59. The molecule has 2 aromatic carbocycles. The fraction of sp³-hybridized carbons (Fsp3) is 0.308. The van der Waals surface area contributed by atoms with Gasteiger partial charge in [-0.05, 0) is 56.0 Å². The Hall–Kier alpha value is -3.78. The molecule has 0 saturated heterocycles. The number of allylic oxidation sites excluding steroid dienone is 2.